The van der Waals surface area contributed by atoms with E-state index in [1.807, 2.05) is 0 Å². The van der Waals surface area contributed by atoms with Crippen LogP contribution in [0.25, 0.3) is 0 Å². The molecule has 0 spiro atoms. The Balaban J connectivity index is 2.06. The monoisotopic (exact) mass is 118 g/mol. The van der Waals surface area contributed by atoms with Crippen molar-refractivity contribution in [2.75, 3.05) is 19.8 Å². The van der Waals surface area contributed by atoms with Crippen molar-refractivity contribution >= 4 is 9.24 Å². The summed E-state index contributed by atoms with van der Waals surface area (Å²) in [5.74, 6) is 0. The number of nitrogens with two attached hydrogens (primary N) is 1. The second-order valence-corrected chi connectivity index (χ2v) is 2.92. The van der Waals surface area contributed by atoms with Crippen LogP contribution in [0.4, 0.5) is 0 Å². The Morgan fingerprint density at radius 1 is 1.71 bits per heavy atom. The van der Waals surface area contributed by atoms with Gasteiger partial charge in [0.2, 0.25) is 0 Å². The molecule has 1 fully saturated rings. The molecule has 1 heterocycles. The van der Waals surface area contributed by atoms with Crippen molar-refractivity contribution in [1.29, 1.82) is 0 Å². The Kier molecular flexibility index (Phi) is 1.63. The molecule has 0 radical (unpaired) electrons. The SMILES string of the molecule is NCN1CC(P)C1. The molecule has 1 aliphatic rings. The predicted octanol–water partition coefficient (Wildman–Crippen LogP) is -0.538. The molecule has 2 nitrogen and oxygen atoms in total. The van der Waals surface area contributed by atoms with Gasteiger partial charge in [-0.15, -0.1) is 9.24 Å². The maximum atomic E-state index is 5.31. The Morgan fingerprint density at radius 3 is 2.43 bits per heavy atom. The lowest BCUT2D eigenvalue weighted by Crippen LogP contribution is -2.49. The van der Waals surface area contributed by atoms with Gasteiger partial charge in [-0.25, -0.2) is 0 Å². The van der Waals surface area contributed by atoms with E-state index in [9.17, 15) is 0 Å². The highest BCUT2D eigenvalue weighted by Crippen LogP contribution is 2.13. The highest BCUT2D eigenvalue weighted by atomic mass is 31.0. The summed E-state index contributed by atoms with van der Waals surface area (Å²) in [4.78, 5) is 2.21. The molecule has 1 rings (SSSR count). The molecule has 0 saturated carbocycles. The van der Waals surface area contributed by atoms with Gasteiger partial charge >= 0.3 is 0 Å². The van der Waals surface area contributed by atoms with E-state index in [1.165, 1.54) is 13.1 Å². The standard InChI is InChI=1S/C4H11N2P/c5-3-6-1-4(7)2-6/h4H,1-3,5,7H2. The summed E-state index contributed by atoms with van der Waals surface area (Å²) >= 11 is 0. The number of hydrogen-bond donors (Lipinski definition) is 1. The van der Waals surface area contributed by atoms with Crippen LogP contribution in [0.3, 0.4) is 0 Å². The van der Waals surface area contributed by atoms with Crippen LogP contribution in [0.5, 0.6) is 0 Å². The van der Waals surface area contributed by atoms with Crippen molar-refractivity contribution in [1.82, 2.24) is 4.90 Å². The number of hydrogen-bond acceptors (Lipinski definition) is 2. The average molecular weight is 118 g/mol. The average Bonchev–Trinajstić information content (AvgIpc) is 1.58. The lowest BCUT2D eigenvalue weighted by atomic mass is 10.2. The van der Waals surface area contributed by atoms with E-state index < -0.39 is 0 Å². The van der Waals surface area contributed by atoms with E-state index in [1.54, 1.807) is 0 Å². The zero-order valence-electron chi connectivity index (χ0n) is 4.30. The van der Waals surface area contributed by atoms with Crippen molar-refractivity contribution in [2.45, 2.75) is 5.66 Å². The second-order valence-electron chi connectivity index (χ2n) is 1.98. The highest BCUT2D eigenvalue weighted by Gasteiger charge is 2.19. The van der Waals surface area contributed by atoms with Gasteiger partial charge in [-0.05, 0) is 5.66 Å². The lowest BCUT2D eigenvalue weighted by molar-refractivity contribution is 0.196. The molecule has 0 aromatic carbocycles. The van der Waals surface area contributed by atoms with Gasteiger partial charge in [-0.2, -0.15) is 0 Å². The summed E-state index contributed by atoms with van der Waals surface area (Å²) < 4.78 is 0. The van der Waals surface area contributed by atoms with Gasteiger partial charge < -0.3 is 5.73 Å². The van der Waals surface area contributed by atoms with Crippen LogP contribution in [0, 0.1) is 0 Å². The molecular formula is C4H11N2P. The first-order valence-corrected chi connectivity index (χ1v) is 3.17. The fourth-order valence-electron chi connectivity index (χ4n) is 0.759. The quantitative estimate of drug-likeness (QED) is 0.468. The number of rotatable bonds is 1. The molecule has 1 saturated heterocycles. The molecule has 7 heavy (non-hydrogen) atoms. The Bertz CT molecular complexity index is 60.7. The summed E-state index contributed by atoms with van der Waals surface area (Å²) in [5.41, 5.74) is 6.12. The lowest BCUT2D eigenvalue weighted by Gasteiger charge is -2.35. The van der Waals surface area contributed by atoms with Gasteiger partial charge in [-0.1, -0.05) is 0 Å². The van der Waals surface area contributed by atoms with Gasteiger partial charge in [0.15, 0.2) is 0 Å². The normalized spacial score (nSPS) is 24.9. The molecule has 1 unspecified atom stereocenters. The fourth-order valence-corrected chi connectivity index (χ4v) is 1.36. The Labute approximate surface area is 46.3 Å². The number of nitrogens with zero attached hydrogens (tertiary/aromatic N) is 1. The maximum Gasteiger partial charge on any atom is 0.0455 e. The Hall–Kier alpha value is 0.350. The first-order chi connectivity index (χ1) is 3.33. The highest BCUT2D eigenvalue weighted by molar-refractivity contribution is 7.17. The summed E-state index contributed by atoms with van der Waals surface area (Å²) in [6.07, 6.45) is 0. The van der Waals surface area contributed by atoms with Crippen molar-refractivity contribution in [2.24, 2.45) is 5.73 Å². The largest absolute Gasteiger partial charge is 0.318 e. The summed E-state index contributed by atoms with van der Waals surface area (Å²) in [6, 6.07) is 0. The van der Waals surface area contributed by atoms with E-state index in [2.05, 4.69) is 14.1 Å². The van der Waals surface area contributed by atoms with Crippen molar-refractivity contribution in [3.63, 3.8) is 0 Å². The van der Waals surface area contributed by atoms with E-state index >= 15 is 0 Å². The summed E-state index contributed by atoms with van der Waals surface area (Å²) in [7, 11) is 2.78. The molecule has 2 N–H and O–H groups in total. The van der Waals surface area contributed by atoms with E-state index in [0.29, 0.717) is 0 Å². The first kappa shape index (κ1) is 5.49. The predicted molar refractivity (Wildman–Crippen MR) is 34.1 cm³/mol. The molecule has 0 aromatic rings. The molecule has 0 aromatic heterocycles. The molecule has 0 amide bonds. The third kappa shape index (κ3) is 1.12. The molecule has 1 aliphatic heterocycles. The van der Waals surface area contributed by atoms with Crippen molar-refractivity contribution < 1.29 is 0 Å². The van der Waals surface area contributed by atoms with Crippen LogP contribution in [0.15, 0.2) is 0 Å². The minimum absolute atomic E-state index is 0.727. The summed E-state index contributed by atoms with van der Waals surface area (Å²) in [5, 5.41) is 0. The third-order valence-corrected chi connectivity index (χ3v) is 1.67. The van der Waals surface area contributed by atoms with E-state index in [-0.39, 0.29) is 0 Å². The Morgan fingerprint density at radius 2 is 2.29 bits per heavy atom. The van der Waals surface area contributed by atoms with Gasteiger partial charge in [0.25, 0.3) is 0 Å². The zero-order chi connectivity index (χ0) is 5.28. The minimum Gasteiger partial charge on any atom is -0.318 e. The van der Waals surface area contributed by atoms with Gasteiger partial charge in [0.05, 0.1) is 0 Å². The second kappa shape index (κ2) is 2.08. The smallest absolute Gasteiger partial charge is 0.0455 e. The van der Waals surface area contributed by atoms with Crippen LogP contribution >= 0.6 is 9.24 Å². The molecular weight excluding hydrogens is 107 g/mol. The molecule has 0 aliphatic carbocycles. The van der Waals surface area contributed by atoms with Crippen LogP contribution in [0.1, 0.15) is 0 Å². The maximum absolute atomic E-state index is 5.31. The van der Waals surface area contributed by atoms with Crippen LogP contribution in [-0.2, 0) is 0 Å². The minimum atomic E-state index is 0.727. The third-order valence-electron chi connectivity index (χ3n) is 1.24. The van der Waals surface area contributed by atoms with E-state index in [0.717, 1.165) is 12.3 Å². The number of likely N-dealkylation sites (tertiary alicyclic amines) is 1. The molecule has 0 bridgehead atoms. The van der Waals surface area contributed by atoms with E-state index in [4.69, 9.17) is 5.73 Å². The van der Waals surface area contributed by atoms with Crippen molar-refractivity contribution in [3.8, 4) is 0 Å². The topological polar surface area (TPSA) is 29.3 Å². The van der Waals surface area contributed by atoms with Crippen LogP contribution < -0.4 is 5.73 Å². The first-order valence-electron chi connectivity index (χ1n) is 2.51. The van der Waals surface area contributed by atoms with Gasteiger partial charge in [0.1, 0.15) is 0 Å². The molecule has 3 heteroatoms. The fraction of sp³-hybridized carbons (Fsp3) is 1.00. The van der Waals surface area contributed by atoms with Crippen LogP contribution in [-0.4, -0.2) is 30.3 Å². The van der Waals surface area contributed by atoms with Crippen molar-refractivity contribution in [3.05, 3.63) is 0 Å². The van der Waals surface area contributed by atoms with Gasteiger partial charge in [0, 0.05) is 19.8 Å². The van der Waals surface area contributed by atoms with Gasteiger partial charge in [-0.3, -0.25) is 4.90 Å². The molecule has 1 atom stereocenters. The molecule has 42 valence electrons. The summed E-state index contributed by atoms with van der Waals surface area (Å²) in [6.45, 7) is 3.06. The zero-order valence-corrected chi connectivity index (χ0v) is 5.46. The van der Waals surface area contributed by atoms with Crippen LogP contribution in [0.2, 0.25) is 0 Å².